The molecule has 1 rings (SSSR count). The van der Waals surface area contributed by atoms with E-state index in [9.17, 15) is 14.0 Å². The molecule has 0 aliphatic rings. The van der Waals surface area contributed by atoms with E-state index >= 15 is 0 Å². The third kappa shape index (κ3) is 2.85. The summed E-state index contributed by atoms with van der Waals surface area (Å²) < 4.78 is 13.6. The Labute approximate surface area is 105 Å². The number of benzene rings is 1. The van der Waals surface area contributed by atoms with Crippen LogP contribution in [0.15, 0.2) is 18.2 Å². The van der Waals surface area contributed by atoms with E-state index in [1.807, 2.05) is 6.92 Å². The molecule has 0 aliphatic carbocycles. The number of halogens is 1. The molecule has 18 heavy (non-hydrogen) atoms. The van der Waals surface area contributed by atoms with Crippen LogP contribution in [0.2, 0.25) is 0 Å². The Hall–Kier alpha value is -1.91. The molecule has 0 heterocycles. The van der Waals surface area contributed by atoms with Crippen LogP contribution in [0.25, 0.3) is 0 Å². The second-order valence-electron chi connectivity index (χ2n) is 4.66. The minimum absolute atomic E-state index is 0.254. The molecule has 0 atom stereocenters. The largest absolute Gasteiger partial charge is 0.478 e. The number of para-hydroxylation sites is 1. The average Bonchev–Trinajstić information content (AvgIpc) is 2.31. The molecule has 0 aliphatic heterocycles. The number of carbonyl (C=O) groups excluding carboxylic acids is 1. The maximum Gasteiger partial charge on any atom is 0.337 e. The first kappa shape index (κ1) is 14.2. The van der Waals surface area contributed by atoms with Gasteiger partial charge in [0.05, 0.1) is 11.3 Å². The standard InChI is InChI=1S/C13H16FNO3/c1-4-13(2,3)12(18)15-10-8(11(16)17)6-5-7-9(10)14/h5-7H,4H2,1-3H3,(H,15,18)(H,16,17). The number of rotatable bonds is 4. The first-order valence-corrected chi connectivity index (χ1v) is 5.63. The van der Waals surface area contributed by atoms with Crippen molar-refractivity contribution in [1.82, 2.24) is 0 Å². The first-order valence-electron chi connectivity index (χ1n) is 5.63. The third-order valence-electron chi connectivity index (χ3n) is 2.98. The van der Waals surface area contributed by atoms with Crippen LogP contribution in [-0.2, 0) is 4.79 Å². The number of carbonyl (C=O) groups is 2. The number of amides is 1. The Bertz CT molecular complexity index is 483. The van der Waals surface area contributed by atoms with Gasteiger partial charge in [0.1, 0.15) is 5.82 Å². The van der Waals surface area contributed by atoms with Crippen molar-refractivity contribution < 1.29 is 19.1 Å². The monoisotopic (exact) mass is 253 g/mol. The second-order valence-corrected chi connectivity index (χ2v) is 4.66. The number of anilines is 1. The molecule has 1 aromatic carbocycles. The zero-order valence-electron chi connectivity index (χ0n) is 10.6. The highest BCUT2D eigenvalue weighted by molar-refractivity contribution is 6.02. The number of aromatic carboxylic acids is 1. The van der Waals surface area contributed by atoms with Crippen molar-refractivity contribution in [2.24, 2.45) is 5.41 Å². The quantitative estimate of drug-likeness (QED) is 0.867. The van der Waals surface area contributed by atoms with E-state index in [1.54, 1.807) is 13.8 Å². The molecule has 0 saturated heterocycles. The molecule has 1 amide bonds. The zero-order valence-corrected chi connectivity index (χ0v) is 10.6. The molecule has 4 nitrogen and oxygen atoms in total. The van der Waals surface area contributed by atoms with Crippen molar-refractivity contribution in [2.45, 2.75) is 27.2 Å². The van der Waals surface area contributed by atoms with Gasteiger partial charge in [0.2, 0.25) is 5.91 Å². The van der Waals surface area contributed by atoms with Crippen LogP contribution in [0.4, 0.5) is 10.1 Å². The topological polar surface area (TPSA) is 66.4 Å². The van der Waals surface area contributed by atoms with Gasteiger partial charge in [0.25, 0.3) is 0 Å². The normalized spacial score (nSPS) is 11.1. The average molecular weight is 253 g/mol. The maximum atomic E-state index is 13.6. The van der Waals surface area contributed by atoms with Crippen LogP contribution >= 0.6 is 0 Å². The second kappa shape index (κ2) is 5.16. The molecule has 5 heteroatoms. The highest BCUT2D eigenvalue weighted by atomic mass is 19.1. The maximum absolute atomic E-state index is 13.6. The van der Waals surface area contributed by atoms with E-state index in [1.165, 1.54) is 12.1 Å². The molecule has 0 unspecified atom stereocenters. The van der Waals surface area contributed by atoms with Gasteiger partial charge in [0, 0.05) is 5.41 Å². The molecule has 0 aromatic heterocycles. The third-order valence-corrected chi connectivity index (χ3v) is 2.98. The van der Waals surface area contributed by atoms with Crippen molar-refractivity contribution in [2.75, 3.05) is 5.32 Å². The van der Waals surface area contributed by atoms with Crippen molar-refractivity contribution in [3.05, 3.63) is 29.6 Å². The number of hydrogen-bond donors (Lipinski definition) is 2. The van der Waals surface area contributed by atoms with E-state index in [0.29, 0.717) is 6.42 Å². The summed E-state index contributed by atoms with van der Waals surface area (Å²) >= 11 is 0. The number of carboxylic acids is 1. The van der Waals surface area contributed by atoms with Gasteiger partial charge in [-0.25, -0.2) is 9.18 Å². The van der Waals surface area contributed by atoms with Crippen molar-refractivity contribution >= 4 is 17.6 Å². The molecule has 0 fully saturated rings. The van der Waals surface area contributed by atoms with Crippen LogP contribution in [0.5, 0.6) is 0 Å². The van der Waals surface area contributed by atoms with Gasteiger partial charge in [-0.15, -0.1) is 0 Å². The lowest BCUT2D eigenvalue weighted by Gasteiger charge is -2.22. The van der Waals surface area contributed by atoms with Crippen LogP contribution in [-0.4, -0.2) is 17.0 Å². The lowest BCUT2D eigenvalue weighted by molar-refractivity contribution is -0.124. The van der Waals surface area contributed by atoms with Crippen molar-refractivity contribution in [3.8, 4) is 0 Å². The molecule has 0 saturated carbocycles. The summed E-state index contributed by atoms with van der Waals surface area (Å²) in [5, 5.41) is 11.3. The molecule has 1 aromatic rings. The Morgan fingerprint density at radius 1 is 1.39 bits per heavy atom. The van der Waals surface area contributed by atoms with Crippen LogP contribution < -0.4 is 5.32 Å². The molecule has 98 valence electrons. The molecule has 0 bridgehead atoms. The zero-order chi connectivity index (χ0) is 13.9. The SMILES string of the molecule is CCC(C)(C)C(=O)Nc1c(F)cccc1C(=O)O. The van der Waals surface area contributed by atoms with Crippen LogP contribution in [0, 0.1) is 11.2 Å². The summed E-state index contributed by atoms with van der Waals surface area (Å²) in [5.41, 5.74) is -1.22. The van der Waals surface area contributed by atoms with Gasteiger partial charge < -0.3 is 10.4 Å². The fourth-order valence-corrected chi connectivity index (χ4v) is 1.27. The summed E-state index contributed by atoms with van der Waals surface area (Å²) in [7, 11) is 0. The van der Waals surface area contributed by atoms with Gasteiger partial charge in [-0.1, -0.05) is 26.8 Å². The van der Waals surface area contributed by atoms with E-state index in [-0.39, 0.29) is 11.3 Å². The summed E-state index contributed by atoms with van der Waals surface area (Å²) in [5.74, 6) is -2.44. The number of nitrogens with one attached hydrogen (secondary N) is 1. The minimum Gasteiger partial charge on any atom is -0.478 e. The lowest BCUT2D eigenvalue weighted by Crippen LogP contribution is -2.31. The van der Waals surface area contributed by atoms with Crippen LogP contribution in [0.3, 0.4) is 0 Å². The van der Waals surface area contributed by atoms with Gasteiger partial charge >= 0.3 is 5.97 Å². The Kier molecular flexibility index (Phi) is 4.06. The number of carboxylic acid groups (broad SMARTS) is 1. The summed E-state index contributed by atoms with van der Waals surface area (Å²) in [6.45, 7) is 5.26. The Morgan fingerprint density at radius 2 is 2.00 bits per heavy atom. The summed E-state index contributed by atoms with van der Waals surface area (Å²) in [6, 6.07) is 3.65. The minimum atomic E-state index is -1.28. The highest BCUT2D eigenvalue weighted by Crippen LogP contribution is 2.25. The van der Waals surface area contributed by atoms with Gasteiger partial charge in [-0.3, -0.25) is 4.79 Å². The van der Waals surface area contributed by atoms with Gasteiger partial charge in [-0.2, -0.15) is 0 Å². The van der Waals surface area contributed by atoms with E-state index in [0.717, 1.165) is 6.07 Å². The fourth-order valence-electron chi connectivity index (χ4n) is 1.27. The van der Waals surface area contributed by atoms with Crippen molar-refractivity contribution in [3.63, 3.8) is 0 Å². The molecule has 0 radical (unpaired) electrons. The van der Waals surface area contributed by atoms with E-state index < -0.39 is 23.1 Å². The Balaban J connectivity index is 3.12. The molecular formula is C13H16FNO3. The van der Waals surface area contributed by atoms with E-state index in [4.69, 9.17) is 5.11 Å². The van der Waals surface area contributed by atoms with Crippen LogP contribution in [0.1, 0.15) is 37.6 Å². The van der Waals surface area contributed by atoms with Crippen molar-refractivity contribution in [1.29, 1.82) is 0 Å². The smallest absolute Gasteiger partial charge is 0.337 e. The predicted molar refractivity (Wildman–Crippen MR) is 66.1 cm³/mol. The lowest BCUT2D eigenvalue weighted by atomic mass is 9.89. The summed E-state index contributed by atoms with van der Waals surface area (Å²) in [4.78, 5) is 22.9. The molecule has 0 spiro atoms. The highest BCUT2D eigenvalue weighted by Gasteiger charge is 2.27. The number of hydrogen-bond acceptors (Lipinski definition) is 2. The van der Waals surface area contributed by atoms with Gasteiger partial charge in [-0.05, 0) is 18.6 Å². The van der Waals surface area contributed by atoms with Gasteiger partial charge in [0.15, 0.2) is 0 Å². The molecule has 2 N–H and O–H groups in total. The van der Waals surface area contributed by atoms with E-state index in [2.05, 4.69) is 5.32 Å². The fraction of sp³-hybridized carbons (Fsp3) is 0.385. The predicted octanol–water partition coefficient (Wildman–Crippen LogP) is 2.90. The molecular weight excluding hydrogens is 237 g/mol. The Morgan fingerprint density at radius 3 is 2.50 bits per heavy atom. The first-order chi connectivity index (χ1) is 8.29. The summed E-state index contributed by atoms with van der Waals surface area (Å²) in [6.07, 6.45) is 0.565.